The number of rotatable bonds is 2. The van der Waals surface area contributed by atoms with Gasteiger partial charge in [0.1, 0.15) is 6.10 Å². The van der Waals surface area contributed by atoms with Gasteiger partial charge in [-0.2, -0.15) is 0 Å². The quantitative estimate of drug-likeness (QED) is 0.761. The Morgan fingerprint density at radius 2 is 2.16 bits per heavy atom. The van der Waals surface area contributed by atoms with Crippen LogP contribution in [0.4, 0.5) is 0 Å². The number of benzene rings is 1. The monoisotopic (exact) mass is 289 g/mol. The Balaban J connectivity index is 2.18. The summed E-state index contributed by atoms with van der Waals surface area (Å²) in [6.45, 7) is 2.03. The van der Waals surface area contributed by atoms with Gasteiger partial charge in [-0.3, -0.25) is 4.98 Å². The molecular formula is C15H12ClNOS. The van der Waals surface area contributed by atoms with Crippen molar-refractivity contribution < 1.29 is 5.11 Å². The standard InChI is InChI=1S/C15H12ClNOS/c1-9-7-10(8-19-9)15(18)12-4-5-13(16)11-3-2-6-17-14(11)12/h2-8,15,18H,1H3. The van der Waals surface area contributed by atoms with Crippen LogP contribution in [0.1, 0.15) is 22.1 Å². The van der Waals surface area contributed by atoms with E-state index in [4.69, 9.17) is 11.6 Å². The number of aromatic nitrogens is 1. The van der Waals surface area contributed by atoms with Crippen LogP contribution < -0.4 is 0 Å². The van der Waals surface area contributed by atoms with E-state index >= 15 is 0 Å². The molecule has 2 nitrogen and oxygen atoms in total. The third kappa shape index (κ3) is 2.25. The molecule has 0 aliphatic rings. The first-order chi connectivity index (χ1) is 9.16. The van der Waals surface area contributed by atoms with Gasteiger partial charge in [0, 0.05) is 27.0 Å². The van der Waals surface area contributed by atoms with Gasteiger partial charge < -0.3 is 5.11 Å². The van der Waals surface area contributed by atoms with Gasteiger partial charge in [0.25, 0.3) is 0 Å². The molecule has 96 valence electrons. The van der Waals surface area contributed by atoms with Crippen LogP contribution >= 0.6 is 22.9 Å². The minimum atomic E-state index is -0.667. The molecule has 1 atom stereocenters. The lowest BCUT2D eigenvalue weighted by Gasteiger charge is -2.12. The summed E-state index contributed by atoms with van der Waals surface area (Å²) in [4.78, 5) is 5.54. The summed E-state index contributed by atoms with van der Waals surface area (Å²) >= 11 is 7.79. The fourth-order valence-corrected chi connectivity index (χ4v) is 3.11. The number of aliphatic hydroxyl groups excluding tert-OH is 1. The summed E-state index contributed by atoms with van der Waals surface area (Å²) < 4.78 is 0. The number of hydrogen-bond acceptors (Lipinski definition) is 3. The largest absolute Gasteiger partial charge is 0.384 e. The zero-order chi connectivity index (χ0) is 13.4. The predicted molar refractivity (Wildman–Crippen MR) is 79.9 cm³/mol. The summed E-state index contributed by atoms with van der Waals surface area (Å²) in [5, 5.41) is 14.0. The third-order valence-electron chi connectivity index (χ3n) is 3.11. The van der Waals surface area contributed by atoms with E-state index in [9.17, 15) is 5.11 Å². The Bertz CT molecular complexity index is 738. The van der Waals surface area contributed by atoms with Crippen LogP contribution in [-0.4, -0.2) is 10.1 Å². The lowest BCUT2D eigenvalue weighted by atomic mass is 10.0. The highest BCUT2D eigenvalue weighted by atomic mass is 35.5. The Kier molecular flexibility index (Phi) is 3.27. The van der Waals surface area contributed by atoms with E-state index in [1.54, 1.807) is 17.5 Å². The number of halogens is 1. The number of fused-ring (bicyclic) bond motifs is 1. The summed E-state index contributed by atoms with van der Waals surface area (Å²) in [5.41, 5.74) is 2.45. The zero-order valence-corrected chi connectivity index (χ0v) is 11.9. The van der Waals surface area contributed by atoms with Crippen molar-refractivity contribution in [2.24, 2.45) is 0 Å². The summed E-state index contributed by atoms with van der Waals surface area (Å²) in [5.74, 6) is 0. The molecule has 3 rings (SSSR count). The highest BCUT2D eigenvalue weighted by molar-refractivity contribution is 7.10. The van der Waals surface area contributed by atoms with Gasteiger partial charge >= 0.3 is 0 Å². The summed E-state index contributed by atoms with van der Waals surface area (Å²) in [6, 6.07) is 9.41. The first-order valence-corrected chi connectivity index (χ1v) is 7.19. The Morgan fingerprint density at radius 3 is 2.89 bits per heavy atom. The maximum atomic E-state index is 10.5. The van der Waals surface area contributed by atoms with Gasteiger partial charge in [-0.25, -0.2) is 0 Å². The first kappa shape index (κ1) is 12.6. The van der Waals surface area contributed by atoms with Crippen LogP contribution in [0.2, 0.25) is 5.02 Å². The smallest absolute Gasteiger partial charge is 0.107 e. The average Bonchev–Trinajstić information content (AvgIpc) is 2.86. The van der Waals surface area contributed by atoms with Crippen LogP contribution in [0, 0.1) is 6.92 Å². The molecule has 0 aliphatic heterocycles. The van der Waals surface area contributed by atoms with Gasteiger partial charge in [-0.05, 0) is 42.1 Å². The molecule has 1 N–H and O–H groups in total. The van der Waals surface area contributed by atoms with Crippen molar-refractivity contribution in [1.82, 2.24) is 4.98 Å². The van der Waals surface area contributed by atoms with E-state index in [2.05, 4.69) is 4.98 Å². The Labute approximate surface area is 120 Å². The number of nitrogens with zero attached hydrogens (tertiary/aromatic N) is 1. The van der Waals surface area contributed by atoms with Crippen molar-refractivity contribution in [3.8, 4) is 0 Å². The Morgan fingerprint density at radius 1 is 1.32 bits per heavy atom. The van der Waals surface area contributed by atoms with Gasteiger partial charge in [0.2, 0.25) is 0 Å². The number of pyridine rings is 1. The van der Waals surface area contributed by atoms with Crippen LogP contribution in [-0.2, 0) is 0 Å². The predicted octanol–water partition coefficient (Wildman–Crippen LogP) is 4.34. The molecule has 0 saturated heterocycles. The van der Waals surface area contributed by atoms with Gasteiger partial charge in [0.15, 0.2) is 0 Å². The minimum Gasteiger partial charge on any atom is -0.384 e. The minimum absolute atomic E-state index is 0.653. The fraction of sp³-hybridized carbons (Fsp3) is 0.133. The maximum Gasteiger partial charge on any atom is 0.107 e. The van der Waals surface area contributed by atoms with Gasteiger partial charge in [0.05, 0.1) is 5.52 Å². The van der Waals surface area contributed by atoms with Crippen molar-refractivity contribution in [1.29, 1.82) is 0 Å². The average molecular weight is 290 g/mol. The fourth-order valence-electron chi connectivity index (χ4n) is 2.17. The SMILES string of the molecule is Cc1cc(C(O)c2ccc(Cl)c3cccnc23)cs1. The normalized spacial score (nSPS) is 12.8. The van der Waals surface area contributed by atoms with Crippen molar-refractivity contribution >= 4 is 33.8 Å². The number of thiophene rings is 1. The van der Waals surface area contributed by atoms with E-state index in [0.29, 0.717) is 5.02 Å². The molecule has 2 aromatic heterocycles. The lowest BCUT2D eigenvalue weighted by molar-refractivity contribution is 0.222. The maximum absolute atomic E-state index is 10.5. The molecular weight excluding hydrogens is 278 g/mol. The molecule has 0 aliphatic carbocycles. The van der Waals surface area contributed by atoms with Crippen LogP contribution in [0.25, 0.3) is 10.9 Å². The molecule has 0 radical (unpaired) electrons. The molecule has 0 fully saturated rings. The first-order valence-electron chi connectivity index (χ1n) is 5.93. The molecule has 0 saturated carbocycles. The van der Waals surface area contributed by atoms with Crippen LogP contribution in [0.3, 0.4) is 0 Å². The topological polar surface area (TPSA) is 33.1 Å². The van der Waals surface area contributed by atoms with E-state index in [-0.39, 0.29) is 0 Å². The lowest BCUT2D eigenvalue weighted by Crippen LogP contribution is -2.00. The van der Waals surface area contributed by atoms with Crippen LogP contribution in [0.5, 0.6) is 0 Å². The number of hydrogen-bond donors (Lipinski definition) is 1. The summed E-state index contributed by atoms with van der Waals surface area (Å²) in [6.07, 6.45) is 1.05. The second-order valence-corrected chi connectivity index (χ2v) is 5.95. The third-order valence-corrected chi connectivity index (χ3v) is 4.32. The molecule has 0 spiro atoms. The van der Waals surface area contributed by atoms with Gasteiger partial charge in [-0.15, -0.1) is 11.3 Å². The molecule has 1 unspecified atom stereocenters. The molecule has 1 aromatic carbocycles. The van der Waals surface area contributed by atoms with Crippen molar-refractivity contribution in [2.75, 3.05) is 0 Å². The number of aliphatic hydroxyl groups is 1. The zero-order valence-electron chi connectivity index (χ0n) is 10.3. The second-order valence-electron chi connectivity index (χ2n) is 4.43. The molecule has 2 heterocycles. The van der Waals surface area contributed by atoms with Crippen LogP contribution in [0.15, 0.2) is 41.9 Å². The van der Waals surface area contributed by atoms with Crippen molar-refractivity contribution in [3.05, 3.63) is 62.9 Å². The molecule has 19 heavy (non-hydrogen) atoms. The highest BCUT2D eigenvalue weighted by Gasteiger charge is 2.16. The molecule has 0 amide bonds. The Hall–Kier alpha value is -1.42. The number of aryl methyl sites for hydroxylation is 1. The highest BCUT2D eigenvalue weighted by Crippen LogP contribution is 2.32. The molecule has 4 heteroatoms. The van der Waals surface area contributed by atoms with Crippen molar-refractivity contribution in [3.63, 3.8) is 0 Å². The van der Waals surface area contributed by atoms with E-state index in [1.165, 1.54) is 4.88 Å². The van der Waals surface area contributed by atoms with E-state index < -0.39 is 6.10 Å². The molecule has 0 bridgehead atoms. The summed E-state index contributed by atoms with van der Waals surface area (Å²) in [7, 11) is 0. The van der Waals surface area contributed by atoms with E-state index in [0.717, 1.165) is 22.0 Å². The van der Waals surface area contributed by atoms with Crippen molar-refractivity contribution in [2.45, 2.75) is 13.0 Å². The molecule has 3 aromatic rings. The van der Waals surface area contributed by atoms with Gasteiger partial charge in [-0.1, -0.05) is 17.7 Å². The van der Waals surface area contributed by atoms with E-state index in [1.807, 2.05) is 42.6 Å². The second kappa shape index (κ2) is 4.93.